The molecule has 0 atom stereocenters. The Labute approximate surface area is 112 Å². The van der Waals surface area contributed by atoms with Crippen LogP contribution in [0.3, 0.4) is 0 Å². The van der Waals surface area contributed by atoms with Crippen LogP contribution >= 0.6 is 0 Å². The first kappa shape index (κ1) is 14.0. The Bertz CT molecular complexity index is 262. The van der Waals surface area contributed by atoms with Gasteiger partial charge in [0.15, 0.2) is 0 Å². The zero-order chi connectivity index (χ0) is 12.8. The molecule has 0 saturated heterocycles. The highest BCUT2D eigenvalue weighted by atomic mass is 16.1. The van der Waals surface area contributed by atoms with Gasteiger partial charge in [0.1, 0.15) is 5.78 Å². The number of rotatable bonds is 5. The second-order valence-corrected chi connectivity index (χ2v) is 6.68. The van der Waals surface area contributed by atoms with Gasteiger partial charge in [0.25, 0.3) is 0 Å². The summed E-state index contributed by atoms with van der Waals surface area (Å²) in [7, 11) is 0. The molecule has 0 aromatic heterocycles. The second-order valence-electron chi connectivity index (χ2n) is 6.68. The monoisotopic (exact) mass is 251 g/mol. The van der Waals surface area contributed by atoms with Crippen molar-refractivity contribution in [1.82, 2.24) is 0 Å². The molecule has 2 fully saturated rings. The molecule has 0 spiro atoms. The molecule has 2 aliphatic rings. The van der Waals surface area contributed by atoms with Crippen molar-refractivity contribution in [1.29, 1.82) is 0 Å². The van der Waals surface area contributed by atoms with Crippen molar-refractivity contribution in [3.05, 3.63) is 0 Å². The van der Waals surface area contributed by atoms with Gasteiger partial charge in [-0.2, -0.15) is 0 Å². The van der Waals surface area contributed by atoms with Gasteiger partial charge < -0.3 is 5.73 Å². The number of nitrogens with two attached hydrogens (primary N) is 1. The van der Waals surface area contributed by atoms with Gasteiger partial charge in [0, 0.05) is 18.4 Å². The fourth-order valence-electron chi connectivity index (χ4n) is 3.75. The van der Waals surface area contributed by atoms with E-state index < -0.39 is 0 Å². The molecule has 18 heavy (non-hydrogen) atoms. The minimum Gasteiger partial charge on any atom is -0.325 e. The third-order valence-corrected chi connectivity index (χ3v) is 4.95. The van der Waals surface area contributed by atoms with E-state index in [2.05, 4.69) is 0 Å². The molecule has 0 aliphatic heterocycles. The van der Waals surface area contributed by atoms with Crippen LogP contribution in [0.4, 0.5) is 0 Å². The molecule has 0 radical (unpaired) electrons. The van der Waals surface area contributed by atoms with Crippen LogP contribution in [0, 0.1) is 5.92 Å². The van der Waals surface area contributed by atoms with Gasteiger partial charge in [0.2, 0.25) is 0 Å². The summed E-state index contributed by atoms with van der Waals surface area (Å²) < 4.78 is 0. The maximum atomic E-state index is 12.1. The van der Waals surface area contributed by atoms with E-state index in [1.54, 1.807) is 0 Å². The zero-order valence-corrected chi connectivity index (χ0v) is 11.8. The highest BCUT2D eigenvalue weighted by Crippen LogP contribution is 2.31. The predicted molar refractivity (Wildman–Crippen MR) is 75.4 cm³/mol. The Hall–Kier alpha value is -0.370. The molecule has 0 aromatic carbocycles. The van der Waals surface area contributed by atoms with Crippen LogP contribution in [0.1, 0.15) is 83.5 Å². The molecule has 104 valence electrons. The van der Waals surface area contributed by atoms with E-state index in [-0.39, 0.29) is 5.54 Å². The van der Waals surface area contributed by atoms with E-state index in [1.807, 2.05) is 0 Å². The van der Waals surface area contributed by atoms with Crippen molar-refractivity contribution in [3.63, 3.8) is 0 Å². The average molecular weight is 251 g/mol. The smallest absolute Gasteiger partial charge is 0.134 e. The lowest BCUT2D eigenvalue weighted by Crippen LogP contribution is -2.43. The lowest BCUT2D eigenvalue weighted by molar-refractivity contribution is -0.120. The number of Topliss-reactive ketones (excluding diaryl/α,β-unsaturated/α-hetero) is 1. The fraction of sp³-hybridized carbons (Fsp3) is 0.938. The Morgan fingerprint density at radius 2 is 1.61 bits per heavy atom. The summed E-state index contributed by atoms with van der Waals surface area (Å²) in [6.07, 6.45) is 15.2. The van der Waals surface area contributed by atoms with E-state index in [4.69, 9.17) is 5.73 Å². The van der Waals surface area contributed by atoms with Crippen LogP contribution in [0.5, 0.6) is 0 Å². The Balaban J connectivity index is 1.67. The molecule has 2 saturated carbocycles. The summed E-state index contributed by atoms with van der Waals surface area (Å²) in [5.74, 6) is 1.24. The lowest BCUT2D eigenvalue weighted by Gasteiger charge is -2.33. The molecule has 2 N–H and O–H groups in total. The zero-order valence-electron chi connectivity index (χ0n) is 11.8. The van der Waals surface area contributed by atoms with Crippen LogP contribution in [0.2, 0.25) is 0 Å². The van der Waals surface area contributed by atoms with E-state index in [9.17, 15) is 4.79 Å². The van der Waals surface area contributed by atoms with Gasteiger partial charge >= 0.3 is 0 Å². The summed E-state index contributed by atoms with van der Waals surface area (Å²) in [4.78, 5) is 12.1. The van der Waals surface area contributed by atoms with Gasteiger partial charge in [-0.3, -0.25) is 4.79 Å². The first-order chi connectivity index (χ1) is 8.68. The van der Waals surface area contributed by atoms with Crippen molar-refractivity contribution < 1.29 is 4.79 Å². The highest BCUT2D eigenvalue weighted by Gasteiger charge is 2.29. The molecule has 2 nitrogen and oxygen atoms in total. The fourth-order valence-corrected chi connectivity index (χ4v) is 3.75. The number of carbonyl (C=O) groups is 1. The van der Waals surface area contributed by atoms with E-state index >= 15 is 0 Å². The molecular formula is C16H29NO. The summed E-state index contributed by atoms with van der Waals surface area (Å²) >= 11 is 0. The van der Waals surface area contributed by atoms with Crippen molar-refractivity contribution in [3.8, 4) is 0 Å². The van der Waals surface area contributed by atoms with Gasteiger partial charge in [-0.15, -0.1) is 0 Å². The van der Waals surface area contributed by atoms with E-state index in [1.165, 1.54) is 51.4 Å². The molecule has 0 aromatic rings. The molecule has 0 heterocycles. The molecule has 0 unspecified atom stereocenters. The Morgan fingerprint density at radius 1 is 1.00 bits per heavy atom. The van der Waals surface area contributed by atoms with Crippen LogP contribution in [0.15, 0.2) is 0 Å². The van der Waals surface area contributed by atoms with Crippen LogP contribution in [-0.4, -0.2) is 11.3 Å². The maximum absolute atomic E-state index is 12.1. The van der Waals surface area contributed by atoms with E-state index in [0.717, 1.165) is 31.6 Å². The number of hydrogen-bond donors (Lipinski definition) is 1. The SMILES string of the molecule is NC1(CC(=O)CCC2CCCCC2)CCCCC1. The van der Waals surface area contributed by atoms with Crippen molar-refractivity contribution in [2.24, 2.45) is 11.7 Å². The topological polar surface area (TPSA) is 43.1 Å². The summed E-state index contributed by atoms with van der Waals surface area (Å²) in [5, 5.41) is 0. The first-order valence-corrected chi connectivity index (χ1v) is 7.99. The Morgan fingerprint density at radius 3 is 2.28 bits per heavy atom. The Kier molecular flexibility index (Phi) is 5.23. The molecule has 2 heteroatoms. The van der Waals surface area contributed by atoms with Gasteiger partial charge in [-0.1, -0.05) is 51.4 Å². The molecule has 2 rings (SSSR count). The van der Waals surface area contributed by atoms with Crippen molar-refractivity contribution in [2.75, 3.05) is 0 Å². The largest absolute Gasteiger partial charge is 0.325 e. The van der Waals surface area contributed by atoms with Crippen LogP contribution in [0.25, 0.3) is 0 Å². The molecule has 0 amide bonds. The summed E-state index contributed by atoms with van der Waals surface area (Å²) in [6.45, 7) is 0. The molecule has 2 aliphatic carbocycles. The third-order valence-electron chi connectivity index (χ3n) is 4.95. The van der Waals surface area contributed by atoms with Gasteiger partial charge in [-0.25, -0.2) is 0 Å². The standard InChI is InChI=1S/C16H29NO/c17-16(11-5-2-6-12-16)13-15(18)10-9-14-7-3-1-4-8-14/h14H,1-13,17H2. The number of ketones is 1. The lowest BCUT2D eigenvalue weighted by atomic mass is 9.78. The summed E-state index contributed by atoms with van der Waals surface area (Å²) in [5.41, 5.74) is 6.20. The number of carbonyl (C=O) groups excluding carboxylic acids is 1. The minimum atomic E-state index is -0.151. The van der Waals surface area contributed by atoms with Gasteiger partial charge in [-0.05, 0) is 25.2 Å². The minimum absolute atomic E-state index is 0.151. The quantitative estimate of drug-likeness (QED) is 0.803. The first-order valence-electron chi connectivity index (χ1n) is 7.99. The number of hydrogen-bond acceptors (Lipinski definition) is 2. The average Bonchev–Trinajstić information content (AvgIpc) is 2.38. The molecule has 0 bridgehead atoms. The third kappa shape index (κ3) is 4.38. The molecular weight excluding hydrogens is 222 g/mol. The predicted octanol–water partition coefficient (Wildman–Crippen LogP) is 3.97. The maximum Gasteiger partial charge on any atom is 0.134 e. The van der Waals surface area contributed by atoms with Gasteiger partial charge in [0.05, 0.1) is 0 Å². The van der Waals surface area contributed by atoms with Crippen molar-refractivity contribution in [2.45, 2.75) is 89.0 Å². The van der Waals surface area contributed by atoms with Crippen LogP contribution < -0.4 is 5.73 Å². The second kappa shape index (κ2) is 6.70. The van der Waals surface area contributed by atoms with E-state index in [0.29, 0.717) is 12.2 Å². The highest BCUT2D eigenvalue weighted by molar-refractivity contribution is 5.79. The van der Waals surface area contributed by atoms with Crippen molar-refractivity contribution >= 4 is 5.78 Å². The normalized spacial score (nSPS) is 24.9. The van der Waals surface area contributed by atoms with Crippen LogP contribution in [-0.2, 0) is 4.79 Å². The summed E-state index contributed by atoms with van der Waals surface area (Å²) in [6, 6.07) is 0.